The van der Waals surface area contributed by atoms with E-state index in [1.807, 2.05) is 18.2 Å². The van der Waals surface area contributed by atoms with E-state index in [0.717, 1.165) is 42.5 Å². The van der Waals surface area contributed by atoms with E-state index in [-0.39, 0.29) is 6.16 Å². The lowest BCUT2D eigenvalue weighted by atomic mass is 9.93. The van der Waals surface area contributed by atoms with Crippen LogP contribution in [0, 0.1) is 17.2 Å². The molecule has 0 radical (unpaired) electrons. The zero-order chi connectivity index (χ0) is 18.7. The van der Waals surface area contributed by atoms with Gasteiger partial charge in [-0.25, -0.2) is 0 Å². The molecule has 3 rings (SSSR count). The Morgan fingerprint density at radius 3 is 2.73 bits per heavy atom. The standard InChI is InChI=1S/C18H22N3O4P/c1-25-16-4-2-3-15-17(16)20-12-14(11-19)18(15)21-8-5-13(6-9-21)7-10-26(22,23)24/h2-4,12-13H,5-10H2,1H3,(H2,22,23,24). The molecule has 138 valence electrons. The number of para-hydroxylation sites is 1. The number of benzene rings is 1. The summed E-state index contributed by atoms with van der Waals surface area (Å²) < 4.78 is 16.5. The highest BCUT2D eigenvalue weighted by atomic mass is 31.2. The number of hydrogen-bond donors (Lipinski definition) is 2. The molecule has 1 fully saturated rings. The van der Waals surface area contributed by atoms with Crippen molar-refractivity contribution in [1.82, 2.24) is 4.98 Å². The number of nitrogens with zero attached hydrogens (tertiary/aromatic N) is 3. The maximum Gasteiger partial charge on any atom is 0.325 e. The second-order valence-corrected chi connectivity index (χ2v) is 8.37. The summed E-state index contributed by atoms with van der Waals surface area (Å²) in [5.41, 5.74) is 2.12. The van der Waals surface area contributed by atoms with Crippen LogP contribution in [0.4, 0.5) is 5.69 Å². The average molecular weight is 375 g/mol. The van der Waals surface area contributed by atoms with Gasteiger partial charge in [0.25, 0.3) is 0 Å². The lowest BCUT2D eigenvalue weighted by molar-refractivity contribution is 0.350. The molecule has 0 bridgehead atoms. The van der Waals surface area contributed by atoms with Crippen molar-refractivity contribution in [2.24, 2.45) is 5.92 Å². The Kier molecular flexibility index (Phi) is 5.47. The molecule has 0 atom stereocenters. The van der Waals surface area contributed by atoms with Crippen molar-refractivity contribution in [3.8, 4) is 11.8 Å². The average Bonchev–Trinajstić information content (AvgIpc) is 2.64. The van der Waals surface area contributed by atoms with Gasteiger partial charge in [0, 0.05) is 24.7 Å². The topological polar surface area (TPSA) is 107 Å². The van der Waals surface area contributed by atoms with E-state index in [4.69, 9.17) is 14.5 Å². The van der Waals surface area contributed by atoms with Crippen LogP contribution in [0.25, 0.3) is 10.9 Å². The summed E-state index contributed by atoms with van der Waals surface area (Å²) in [6.07, 6.45) is 3.75. The summed E-state index contributed by atoms with van der Waals surface area (Å²) in [4.78, 5) is 24.7. The summed E-state index contributed by atoms with van der Waals surface area (Å²) >= 11 is 0. The van der Waals surface area contributed by atoms with Crippen LogP contribution in [0.5, 0.6) is 5.75 Å². The van der Waals surface area contributed by atoms with Crippen LogP contribution in [0.15, 0.2) is 24.4 Å². The summed E-state index contributed by atoms with van der Waals surface area (Å²) in [6.45, 7) is 1.49. The van der Waals surface area contributed by atoms with Crippen LogP contribution >= 0.6 is 7.60 Å². The van der Waals surface area contributed by atoms with Gasteiger partial charge in [0.05, 0.1) is 24.5 Å². The minimum atomic E-state index is -3.94. The molecule has 1 aromatic carbocycles. The van der Waals surface area contributed by atoms with Crippen LogP contribution in [-0.4, -0.2) is 41.1 Å². The number of nitriles is 1. The first kappa shape index (κ1) is 18.7. The summed E-state index contributed by atoms with van der Waals surface area (Å²) in [5, 5.41) is 10.4. The Balaban J connectivity index is 1.85. The molecule has 1 saturated heterocycles. The van der Waals surface area contributed by atoms with Crippen molar-refractivity contribution in [2.75, 3.05) is 31.3 Å². The number of ether oxygens (including phenoxy) is 1. The molecule has 2 N–H and O–H groups in total. The van der Waals surface area contributed by atoms with Gasteiger partial charge in [0.15, 0.2) is 0 Å². The highest BCUT2D eigenvalue weighted by molar-refractivity contribution is 7.51. The molecule has 2 heterocycles. The number of rotatable bonds is 5. The zero-order valence-corrected chi connectivity index (χ0v) is 15.5. The largest absolute Gasteiger partial charge is 0.494 e. The predicted octanol–water partition coefficient (Wildman–Crippen LogP) is 2.90. The number of piperidine rings is 1. The van der Waals surface area contributed by atoms with Gasteiger partial charge >= 0.3 is 7.60 Å². The number of anilines is 1. The van der Waals surface area contributed by atoms with Crippen molar-refractivity contribution in [2.45, 2.75) is 19.3 Å². The Morgan fingerprint density at radius 1 is 1.38 bits per heavy atom. The summed E-state index contributed by atoms with van der Waals surface area (Å²) in [6, 6.07) is 7.91. The van der Waals surface area contributed by atoms with Crippen molar-refractivity contribution < 1.29 is 19.1 Å². The molecule has 1 aliphatic rings. The summed E-state index contributed by atoms with van der Waals surface area (Å²) in [5.74, 6) is 0.969. The van der Waals surface area contributed by atoms with E-state index in [1.165, 1.54) is 0 Å². The van der Waals surface area contributed by atoms with Crippen molar-refractivity contribution in [3.05, 3.63) is 30.0 Å². The van der Waals surface area contributed by atoms with Gasteiger partial charge in [0.1, 0.15) is 17.3 Å². The number of methoxy groups -OCH3 is 1. The minimum absolute atomic E-state index is 0.0590. The third-order valence-corrected chi connectivity index (χ3v) is 5.77. The molecule has 26 heavy (non-hydrogen) atoms. The first-order valence-corrected chi connectivity index (χ1v) is 10.4. The Hall–Kier alpha value is -2.13. The lowest BCUT2D eigenvalue weighted by Gasteiger charge is -2.34. The van der Waals surface area contributed by atoms with Crippen LogP contribution in [-0.2, 0) is 4.57 Å². The van der Waals surface area contributed by atoms with Crippen LogP contribution in [0.1, 0.15) is 24.8 Å². The third-order valence-electron chi connectivity index (χ3n) is 4.93. The van der Waals surface area contributed by atoms with Crippen molar-refractivity contribution in [1.29, 1.82) is 5.26 Å². The van der Waals surface area contributed by atoms with Gasteiger partial charge in [-0.3, -0.25) is 9.55 Å². The molecule has 0 aliphatic carbocycles. The number of pyridine rings is 1. The molecule has 0 unspecified atom stereocenters. The van der Waals surface area contributed by atoms with Gasteiger partial charge in [0.2, 0.25) is 0 Å². The van der Waals surface area contributed by atoms with Gasteiger partial charge < -0.3 is 19.4 Å². The molecule has 0 saturated carbocycles. The number of aromatic nitrogens is 1. The van der Waals surface area contributed by atoms with Gasteiger partial charge in [-0.15, -0.1) is 0 Å². The first-order valence-electron chi connectivity index (χ1n) is 8.58. The quantitative estimate of drug-likeness (QED) is 0.774. The lowest BCUT2D eigenvalue weighted by Crippen LogP contribution is -2.34. The van der Waals surface area contributed by atoms with E-state index in [1.54, 1.807) is 13.3 Å². The first-order chi connectivity index (χ1) is 12.4. The second kappa shape index (κ2) is 7.63. The van der Waals surface area contributed by atoms with Crippen LogP contribution in [0.2, 0.25) is 0 Å². The van der Waals surface area contributed by atoms with Crippen molar-refractivity contribution in [3.63, 3.8) is 0 Å². The molecular formula is C18H22N3O4P. The molecule has 0 spiro atoms. The van der Waals surface area contributed by atoms with Gasteiger partial charge in [-0.05, 0) is 31.2 Å². The van der Waals surface area contributed by atoms with E-state index < -0.39 is 7.60 Å². The Morgan fingerprint density at radius 2 is 2.12 bits per heavy atom. The molecular weight excluding hydrogens is 353 g/mol. The van der Waals surface area contributed by atoms with E-state index in [0.29, 0.717) is 23.7 Å². The van der Waals surface area contributed by atoms with E-state index in [2.05, 4.69) is 16.0 Å². The molecule has 0 amide bonds. The van der Waals surface area contributed by atoms with Crippen molar-refractivity contribution >= 4 is 24.2 Å². The normalized spacial score (nSPS) is 15.8. The highest BCUT2D eigenvalue weighted by Gasteiger charge is 2.25. The van der Waals surface area contributed by atoms with E-state index in [9.17, 15) is 9.83 Å². The Labute approximate surface area is 152 Å². The minimum Gasteiger partial charge on any atom is -0.494 e. The smallest absolute Gasteiger partial charge is 0.325 e. The van der Waals surface area contributed by atoms with E-state index >= 15 is 0 Å². The Bertz CT molecular complexity index is 882. The van der Waals surface area contributed by atoms with Crippen LogP contribution in [0.3, 0.4) is 0 Å². The number of hydrogen-bond acceptors (Lipinski definition) is 5. The molecule has 7 nitrogen and oxygen atoms in total. The molecule has 1 aliphatic heterocycles. The van der Waals surface area contributed by atoms with Gasteiger partial charge in [-0.1, -0.05) is 12.1 Å². The maximum atomic E-state index is 11.1. The fourth-order valence-corrected chi connectivity index (χ4v) is 4.27. The fourth-order valence-electron chi connectivity index (χ4n) is 3.57. The number of fused-ring (bicyclic) bond motifs is 1. The summed E-state index contributed by atoms with van der Waals surface area (Å²) in [7, 11) is -2.34. The predicted molar refractivity (Wildman–Crippen MR) is 99.5 cm³/mol. The molecule has 1 aromatic heterocycles. The second-order valence-electron chi connectivity index (χ2n) is 6.60. The van der Waals surface area contributed by atoms with Gasteiger partial charge in [-0.2, -0.15) is 5.26 Å². The zero-order valence-electron chi connectivity index (χ0n) is 14.6. The monoisotopic (exact) mass is 375 g/mol. The fraction of sp³-hybridized carbons (Fsp3) is 0.444. The molecule has 2 aromatic rings. The molecule has 8 heteroatoms. The third kappa shape index (κ3) is 3.99. The van der Waals surface area contributed by atoms with Crippen LogP contribution < -0.4 is 9.64 Å². The maximum absolute atomic E-state index is 11.1. The highest BCUT2D eigenvalue weighted by Crippen LogP contribution is 2.39. The SMILES string of the molecule is COc1cccc2c(N3CCC(CCP(=O)(O)O)CC3)c(C#N)cnc12.